The van der Waals surface area contributed by atoms with Gasteiger partial charge in [0.25, 0.3) is 0 Å². The minimum absolute atomic E-state index is 0.100. The van der Waals surface area contributed by atoms with Crippen LogP contribution in [0.5, 0.6) is 0 Å². The third-order valence-corrected chi connectivity index (χ3v) is 2.10. The number of nitrogens with one attached hydrogen (secondary N) is 2. The zero-order chi connectivity index (χ0) is 12.1. The normalized spacial score (nSPS) is 12.7. The molecule has 90 valence electrons. The highest BCUT2D eigenvalue weighted by Crippen LogP contribution is 2.12. The molecule has 1 amide bonds. The Morgan fingerprint density at radius 2 is 1.80 bits per heavy atom. The molecule has 0 aliphatic heterocycles. The van der Waals surface area contributed by atoms with Gasteiger partial charge >= 0.3 is 6.18 Å². The second-order valence-corrected chi connectivity index (χ2v) is 3.98. The van der Waals surface area contributed by atoms with Crippen molar-refractivity contribution >= 4 is 5.91 Å². The Morgan fingerprint density at radius 3 is 2.20 bits per heavy atom. The number of halogens is 3. The van der Waals surface area contributed by atoms with E-state index >= 15 is 0 Å². The summed E-state index contributed by atoms with van der Waals surface area (Å²) < 4.78 is 35.2. The molecule has 0 rings (SSSR count). The van der Waals surface area contributed by atoms with Crippen molar-refractivity contribution < 1.29 is 18.0 Å². The molecule has 0 bridgehead atoms. The van der Waals surface area contributed by atoms with E-state index in [1.165, 1.54) is 0 Å². The van der Waals surface area contributed by atoms with E-state index in [4.69, 9.17) is 0 Å². The van der Waals surface area contributed by atoms with Crippen molar-refractivity contribution in [3.8, 4) is 0 Å². The lowest BCUT2D eigenvalue weighted by atomic mass is 10.0. The summed E-state index contributed by atoms with van der Waals surface area (Å²) in [5, 5.41) is 4.66. The number of rotatable bonds is 5. The van der Waals surface area contributed by atoms with Crippen LogP contribution < -0.4 is 10.6 Å². The molecule has 0 heterocycles. The summed E-state index contributed by atoms with van der Waals surface area (Å²) in [5.41, 5.74) is -0.241. The predicted molar refractivity (Wildman–Crippen MR) is 51.4 cm³/mol. The lowest BCUT2D eigenvalue weighted by Gasteiger charge is -2.24. The van der Waals surface area contributed by atoms with Crippen molar-refractivity contribution in [3.63, 3.8) is 0 Å². The Balaban J connectivity index is 3.77. The lowest BCUT2D eigenvalue weighted by Crippen LogP contribution is -2.46. The monoisotopic (exact) mass is 226 g/mol. The van der Waals surface area contributed by atoms with Crippen molar-refractivity contribution in [2.24, 2.45) is 0 Å². The summed E-state index contributed by atoms with van der Waals surface area (Å²) in [6.45, 7) is 4.31. The molecule has 0 atom stereocenters. The first-order valence-electron chi connectivity index (χ1n) is 4.75. The van der Waals surface area contributed by atoms with Crippen LogP contribution in [0.25, 0.3) is 0 Å². The number of alkyl halides is 3. The predicted octanol–water partition coefficient (Wildman–Crippen LogP) is 1.44. The van der Waals surface area contributed by atoms with Gasteiger partial charge in [-0.05, 0) is 20.3 Å². The number of hydrogen-bond donors (Lipinski definition) is 2. The second kappa shape index (κ2) is 5.34. The van der Waals surface area contributed by atoms with Crippen LogP contribution in [0.2, 0.25) is 0 Å². The highest BCUT2D eigenvalue weighted by molar-refractivity contribution is 5.78. The molecular formula is C9H17F3N2O. The molecule has 0 radical (unpaired) electrons. The third-order valence-electron chi connectivity index (χ3n) is 2.10. The number of hydrogen-bond acceptors (Lipinski definition) is 2. The van der Waals surface area contributed by atoms with Crippen LogP contribution in [0.1, 0.15) is 27.2 Å². The van der Waals surface area contributed by atoms with Crippen molar-refractivity contribution in [3.05, 3.63) is 0 Å². The molecule has 0 aromatic carbocycles. The highest BCUT2D eigenvalue weighted by Gasteiger charge is 2.27. The van der Waals surface area contributed by atoms with Crippen LogP contribution in [0.3, 0.4) is 0 Å². The first kappa shape index (κ1) is 14.2. The van der Waals surface area contributed by atoms with Gasteiger partial charge in [-0.15, -0.1) is 0 Å². The molecule has 0 saturated heterocycles. The van der Waals surface area contributed by atoms with E-state index in [0.717, 1.165) is 6.42 Å². The molecule has 3 nitrogen and oxygen atoms in total. The van der Waals surface area contributed by atoms with Gasteiger partial charge in [0, 0.05) is 5.54 Å². The first-order valence-corrected chi connectivity index (χ1v) is 4.75. The molecule has 0 spiro atoms. The second-order valence-electron chi connectivity index (χ2n) is 3.98. The average Bonchev–Trinajstić information content (AvgIpc) is 2.10. The van der Waals surface area contributed by atoms with Gasteiger partial charge < -0.3 is 10.6 Å². The van der Waals surface area contributed by atoms with Crippen LogP contribution in [0.15, 0.2) is 0 Å². The molecule has 0 fully saturated rings. The van der Waals surface area contributed by atoms with Gasteiger partial charge in [0.2, 0.25) is 5.91 Å². The summed E-state index contributed by atoms with van der Waals surface area (Å²) in [5.74, 6) is -0.645. The van der Waals surface area contributed by atoms with Gasteiger partial charge in [-0.3, -0.25) is 4.79 Å². The average molecular weight is 226 g/mol. The Morgan fingerprint density at radius 1 is 1.27 bits per heavy atom. The maximum Gasteiger partial charge on any atom is 0.405 e. The Kier molecular flexibility index (Phi) is 5.07. The molecule has 15 heavy (non-hydrogen) atoms. The molecule has 0 unspecified atom stereocenters. The maximum atomic E-state index is 11.7. The largest absolute Gasteiger partial charge is 0.405 e. The van der Waals surface area contributed by atoms with Crippen LogP contribution in [-0.2, 0) is 4.79 Å². The van der Waals surface area contributed by atoms with E-state index in [9.17, 15) is 18.0 Å². The fourth-order valence-corrected chi connectivity index (χ4v) is 0.706. The van der Waals surface area contributed by atoms with Gasteiger partial charge in [-0.1, -0.05) is 6.92 Å². The van der Waals surface area contributed by atoms with Crippen LogP contribution >= 0.6 is 0 Å². The quantitative estimate of drug-likeness (QED) is 0.744. The summed E-state index contributed by atoms with van der Waals surface area (Å²) in [6.07, 6.45) is -3.56. The Labute approximate surface area is 87.4 Å². The molecule has 2 N–H and O–H groups in total. The van der Waals surface area contributed by atoms with Gasteiger partial charge in [-0.2, -0.15) is 13.2 Å². The van der Waals surface area contributed by atoms with Crippen molar-refractivity contribution in [1.29, 1.82) is 0 Å². The van der Waals surface area contributed by atoms with Crippen molar-refractivity contribution in [1.82, 2.24) is 10.6 Å². The summed E-state index contributed by atoms with van der Waals surface area (Å²) in [6, 6.07) is 0. The van der Waals surface area contributed by atoms with E-state index in [-0.39, 0.29) is 12.1 Å². The number of carbonyl (C=O) groups excluding carboxylic acids is 1. The van der Waals surface area contributed by atoms with Crippen molar-refractivity contribution in [2.45, 2.75) is 38.9 Å². The summed E-state index contributed by atoms with van der Waals surface area (Å²) in [7, 11) is 0. The zero-order valence-electron chi connectivity index (χ0n) is 9.16. The van der Waals surface area contributed by atoms with E-state index in [2.05, 4.69) is 5.32 Å². The number of amides is 1. The molecule has 6 heteroatoms. The molecule has 0 aromatic heterocycles. The maximum absolute atomic E-state index is 11.7. The van der Waals surface area contributed by atoms with Gasteiger partial charge in [-0.25, -0.2) is 0 Å². The minimum Gasteiger partial charge on any atom is -0.346 e. The van der Waals surface area contributed by atoms with Crippen molar-refractivity contribution in [2.75, 3.05) is 13.1 Å². The van der Waals surface area contributed by atoms with E-state index in [1.807, 2.05) is 20.8 Å². The van der Waals surface area contributed by atoms with Crippen LogP contribution in [0, 0.1) is 0 Å². The van der Waals surface area contributed by atoms with Gasteiger partial charge in [0.05, 0.1) is 6.54 Å². The molecule has 0 saturated carbocycles. The molecule has 0 aromatic rings. The van der Waals surface area contributed by atoms with Gasteiger partial charge in [0.15, 0.2) is 0 Å². The Hall–Kier alpha value is -0.780. The van der Waals surface area contributed by atoms with Crippen LogP contribution in [0.4, 0.5) is 13.2 Å². The minimum atomic E-state index is -4.35. The topological polar surface area (TPSA) is 41.1 Å². The van der Waals surface area contributed by atoms with Gasteiger partial charge in [0.1, 0.15) is 6.54 Å². The summed E-state index contributed by atoms with van der Waals surface area (Å²) in [4.78, 5) is 11.0. The third kappa shape index (κ3) is 8.23. The lowest BCUT2D eigenvalue weighted by molar-refractivity contribution is -0.138. The van der Waals surface area contributed by atoms with E-state index < -0.39 is 18.6 Å². The molecule has 0 aliphatic rings. The van der Waals surface area contributed by atoms with E-state index in [0.29, 0.717) is 0 Å². The first-order chi connectivity index (χ1) is 6.66. The fourth-order valence-electron chi connectivity index (χ4n) is 0.706. The smallest absolute Gasteiger partial charge is 0.346 e. The van der Waals surface area contributed by atoms with E-state index in [1.54, 1.807) is 5.32 Å². The SMILES string of the molecule is CCC(C)(C)NCC(=O)NCC(F)(F)F. The highest BCUT2D eigenvalue weighted by atomic mass is 19.4. The van der Waals surface area contributed by atoms with Crippen LogP contribution in [-0.4, -0.2) is 30.7 Å². The Bertz CT molecular complexity index is 214. The zero-order valence-corrected chi connectivity index (χ0v) is 9.16. The molecule has 0 aliphatic carbocycles. The summed E-state index contributed by atoms with van der Waals surface area (Å²) >= 11 is 0. The molecular weight excluding hydrogens is 209 g/mol. The standard InChI is InChI=1S/C9H17F3N2O/c1-4-8(2,3)14-5-7(15)13-6-9(10,11)12/h14H,4-6H2,1-3H3,(H,13,15). The fraction of sp³-hybridized carbons (Fsp3) is 0.889. The number of carbonyl (C=O) groups is 1.